The van der Waals surface area contributed by atoms with Crippen LogP contribution in [0.25, 0.3) is 0 Å². The Morgan fingerprint density at radius 1 is 1.50 bits per heavy atom. The highest BCUT2D eigenvalue weighted by atomic mass is 15.2. The molecule has 0 unspecified atom stereocenters. The van der Waals surface area contributed by atoms with E-state index < -0.39 is 0 Å². The van der Waals surface area contributed by atoms with Crippen LogP contribution in [0.1, 0.15) is 11.3 Å². The molecule has 0 atom stereocenters. The van der Waals surface area contributed by atoms with Crippen molar-refractivity contribution in [1.29, 1.82) is 5.26 Å². The van der Waals surface area contributed by atoms with Crippen molar-refractivity contribution in [1.82, 2.24) is 14.8 Å². The second-order valence-corrected chi connectivity index (χ2v) is 4.10. The van der Waals surface area contributed by atoms with Crippen LogP contribution in [0.15, 0.2) is 24.5 Å². The summed E-state index contributed by atoms with van der Waals surface area (Å²) in [4.78, 5) is 6.15. The Labute approximate surface area is 105 Å². The fourth-order valence-corrected chi connectivity index (χ4v) is 1.67. The van der Waals surface area contributed by atoms with Crippen molar-refractivity contribution < 1.29 is 0 Å². The molecule has 2 aromatic rings. The SMILES string of the molecule is CN(Cc1cnn(C)c1)c1ccc(N)c(C#N)n1. The number of aromatic nitrogens is 3. The van der Waals surface area contributed by atoms with Gasteiger partial charge in [0.2, 0.25) is 0 Å². The zero-order chi connectivity index (χ0) is 13.1. The lowest BCUT2D eigenvalue weighted by Gasteiger charge is -2.17. The van der Waals surface area contributed by atoms with E-state index in [2.05, 4.69) is 10.1 Å². The molecule has 0 aromatic carbocycles. The number of rotatable bonds is 3. The van der Waals surface area contributed by atoms with Gasteiger partial charge in [0.05, 0.1) is 11.9 Å². The largest absolute Gasteiger partial charge is 0.396 e. The first-order valence-corrected chi connectivity index (χ1v) is 5.45. The summed E-state index contributed by atoms with van der Waals surface area (Å²) in [6.45, 7) is 0.676. The van der Waals surface area contributed by atoms with Crippen LogP contribution in [0.4, 0.5) is 11.5 Å². The highest BCUT2D eigenvalue weighted by Gasteiger charge is 2.08. The normalized spacial score (nSPS) is 10.1. The molecule has 2 N–H and O–H groups in total. The summed E-state index contributed by atoms with van der Waals surface area (Å²) in [6.07, 6.45) is 3.75. The lowest BCUT2D eigenvalue weighted by molar-refractivity contribution is 0.766. The highest BCUT2D eigenvalue weighted by molar-refractivity contribution is 5.55. The van der Waals surface area contributed by atoms with Gasteiger partial charge in [0.1, 0.15) is 11.9 Å². The lowest BCUT2D eigenvalue weighted by atomic mass is 10.3. The van der Waals surface area contributed by atoms with Gasteiger partial charge in [0.15, 0.2) is 5.69 Å². The van der Waals surface area contributed by atoms with Gasteiger partial charge in [-0.1, -0.05) is 0 Å². The van der Waals surface area contributed by atoms with Gasteiger partial charge in [0, 0.05) is 32.4 Å². The van der Waals surface area contributed by atoms with Gasteiger partial charge in [-0.15, -0.1) is 0 Å². The predicted octanol–water partition coefficient (Wildman–Crippen LogP) is 0.905. The number of nitrogen functional groups attached to an aromatic ring is 1. The first-order chi connectivity index (χ1) is 8.60. The molecule has 0 bridgehead atoms. The molecule has 0 fully saturated rings. The molecule has 0 saturated heterocycles. The Morgan fingerprint density at radius 3 is 2.89 bits per heavy atom. The Morgan fingerprint density at radius 2 is 2.28 bits per heavy atom. The Kier molecular flexibility index (Phi) is 3.15. The third-order valence-corrected chi connectivity index (χ3v) is 2.59. The van der Waals surface area contributed by atoms with Gasteiger partial charge >= 0.3 is 0 Å². The third-order valence-electron chi connectivity index (χ3n) is 2.59. The van der Waals surface area contributed by atoms with Crippen LogP contribution >= 0.6 is 0 Å². The molecule has 0 spiro atoms. The van der Waals surface area contributed by atoms with Crippen LogP contribution in [-0.2, 0) is 13.6 Å². The summed E-state index contributed by atoms with van der Waals surface area (Å²) in [7, 11) is 3.78. The highest BCUT2D eigenvalue weighted by Crippen LogP contribution is 2.16. The quantitative estimate of drug-likeness (QED) is 0.864. The van der Waals surface area contributed by atoms with Crippen LogP contribution < -0.4 is 10.6 Å². The van der Waals surface area contributed by atoms with Gasteiger partial charge in [-0.3, -0.25) is 4.68 Å². The van der Waals surface area contributed by atoms with Crippen molar-refractivity contribution in [2.75, 3.05) is 17.7 Å². The van der Waals surface area contributed by atoms with Crippen LogP contribution in [0.2, 0.25) is 0 Å². The second-order valence-electron chi connectivity index (χ2n) is 4.10. The van der Waals surface area contributed by atoms with E-state index in [4.69, 9.17) is 11.0 Å². The van der Waals surface area contributed by atoms with Crippen molar-refractivity contribution in [2.45, 2.75) is 6.54 Å². The molecule has 0 amide bonds. The van der Waals surface area contributed by atoms with E-state index in [9.17, 15) is 0 Å². The van der Waals surface area contributed by atoms with E-state index in [1.54, 1.807) is 23.0 Å². The van der Waals surface area contributed by atoms with Crippen molar-refractivity contribution in [3.63, 3.8) is 0 Å². The summed E-state index contributed by atoms with van der Waals surface area (Å²) in [5.74, 6) is 0.713. The predicted molar refractivity (Wildman–Crippen MR) is 68.7 cm³/mol. The van der Waals surface area contributed by atoms with Crippen molar-refractivity contribution in [2.24, 2.45) is 7.05 Å². The van der Waals surface area contributed by atoms with Crippen LogP contribution in [0.5, 0.6) is 0 Å². The molecule has 0 saturated carbocycles. The first-order valence-electron chi connectivity index (χ1n) is 5.45. The van der Waals surface area contributed by atoms with Crippen LogP contribution in [-0.4, -0.2) is 21.8 Å². The summed E-state index contributed by atoms with van der Waals surface area (Å²) < 4.78 is 1.75. The Bertz CT molecular complexity index is 595. The molecule has 2 rings (SSSR count). The second kappa shape index (κ2) is 4.75. The number of hydrogen-bond donors (Lipinski definition) is 1. The molecular weight excluding hydrogens is 228 g/mol. The maximum absolute atomic E-state index is 8.89. The summed E-state index contributed by atoms with van der Waals surface area (Å²) in [5.41, 5.74) is 7.37. The number of nitrogens with two attached hydrogens (primary N) is 1. The lowest BCUT2D eigenvalue weighted by Crippen LogP contribution is -2.18. The molecule has 6 nitrogen and oxygen atoms in total. The summed E-state index contributed by atoms with van der Waals surface area (Å²) in [5, 5.41) is 13.0. The minimum absolute atomic E-state index is 0.255. The molecule has 0 aliphatic carbocycles. The van der Waals surface area contributed by atoms with E-state index in [0.717, 1.165) is 5.56 Å². The maximum atomic E-state index is 8.89. The third kappa shape index (κ3) is 2.40. The van der Waals surface area contributed by atoms with E-state index in [1.165, 1.54) is 0 Å². The fourth-order valence-electron chi connectivity index (χ4n) is 1.67. The Balaban J connectivity index is 2.19. The van der Waals surface area contributed by atoms with Gasteiger partial charge in [-0.05, 0) is 12.1 Å². The van der Waals surface area contributed by atoms with E-state index in [0.29, 0.717) is 18.1 Å². The summed E-state index contributed by atoms with van der Waals surface area (Å²) in [6, 6.07) is 5.47. The molecule has 2 aromatic heterocycles. The number of pyridine rings is 1. The number of aryl methyl sites for hydroxylation is 1. The molecule has 6 heteroatoms. The number of nitrogens with zero attached hydrogens (tertiary/aromatic N) is 5. The maximum Gasteiger partial charge on any atom is 0.165 e. The van der Waals surface area contributed by atoms with Crippen LogP contribution in [0, 0.1) is 11.3 Å². The molecule has 0 radical (unpaired) electrons. The molecular formula is C12H14N6. The number of hydrogen-bond acceptors (Lipinski definition) is 5. The molecule has 0 aliphatic rings. The smallest absolute Gasteiger partial charge is 0.165 e. The standard InChI is InChI=1S/C12H14N6/c1-17(7-9-6-15-18(2)8-9)12-4-3-10(14)11(5-13)16-12/h3-4,6,8H,7,14H2,1-2H3. The van der Waals surface area contributed by atoms with Crippen molar-refractivity contribution in [3.05, 3.63) is 35.8 Å². The first kappa shape index (κ1) is 11.9. The minimum Gasteiger partial charge on any atom is -0.396 e. The van der Waals surface area contributed by atoms with Gasteiger partial charge in [-0.25, -0.2) is 4.98 Å². The minimum atomic E-state index is 0.255. The molecule has 0 aliphatic heterocycles. The van der Waals surface area contributed by atoms with Gasteiger partial charge in [-0.2, -0.15) is 10.4 Å². The number of anilines is 2. The fraction of sp³-hybridized carbons (Fsp3) is 0.250. The van der Waals surface area contributed by atoms with Crippen LogP contribution in [0.3, 0.4) is 0 Å². The van der Waals surface area contributed by atoms with Gasteiger partial charge < -0.3 is 10.6 Å². The Hall–Kier alpha value is -2.55. The topological polar surface area (TPSA) is 83.8 Å². The van der Waals surface area contributed by atoms with E-state index in [1.807, 2.05) is 31.3 Å². The average Bonchev–Trinajstić information content (AvgIpc) is 2.75. The summed E-state index contributed by atoms with van der Waals surface area (Å²) >= 11 is 0. The van der Waals surface area contributed by atoms with E-state index >= 15 is 0 Å². The van der Waals surface area contributed by atoms with Gasteiger partial charge in [0.25, 0.3) is 0 Å². The zero-order valence-electron chi connectivity index (χ0n) is 10.3. The molecule has 92 valence electrons. The average molecular weight is 242 g/mol. The van der Waals surface area contributed by atoms with Crippen molar-refractivity contribution in [3.8, 4) is 6.07 Å². The van der Waals surface area contributed by atoms with Crippen molar-refractivity contribution >= 4 is 11.5 Å². The monoisotopic (exact) mass is 242 g/mol. The molecule has 18 heavy (non-hydrogen) atoms. The zero-order valence-corrected chi connectivity index (χ0v) is 10.3. The molecule has 2 heterocycles. The number of nitriles is 1. The van der Waals surface area contributed by atoms with E-state index in [-0.39, 0.29) is 5.69 Å².